The molecular formula is C15H24N4O3. The summed E-state index contributed by atoms with van der Waals surface area (Å²) < 4.78 is 7.20. The van der Waals surface area contributed by atoms with Crippen LogP contribution in [0, 0.1) is 0 Å². The van der Waals surface area contributed by atoms with Crippen molar-refractivity contribution in [2.24, 2.45) is 0 Å². The first-order chi connectivity index (χ1) is 10.7. The SMILES string of the molecule is O=C([C@H]1CCCO1)N1CCN(C[C@H](O)Cn2cccn2)CC1. The molecule has 2 aliphatic heterocycles. The predicted molar refractivity (Wildman–Crippen MR) is 80.2 cm³/mol. The average Bonchev–Trinajstić information content (AvgIpc) is 3.20. The molecule has 22 heavy (non-hydrogen) atoms. The molecule has 1 amide bonds. The Morgan fingerprint density at radius 2 is 2.14 bits per heavy atom. The molecule has 2 atom stereocenters. The molecule has 7 heteroatoms. The molecule has 3 heterocycles. The third-order valence-corrected chi connectivity index (χ3v) is 4.32. The van der Waals surface area contributed by atoms with Crippen molar-refractivity contribution in [3.63, 3.8) is 0 Å². The fourth-order valence-electron chi connectivity index (χ4n) is 3.11. The smallest absolute Gasteiger partial charge is 0.251 e. The fourth-order valence-corrected chi connectivity index (χ4v) is 3.11. The van der Waals surface area contributed by atoms with E-state index in [1.165, 1.54) is 0 Å². The van der Waals surface area contributed by atoms with E-state index in [4.69, 9.17) is 4.74 Å². The van der Waals surface area contributed by atoms with Crippen molar-refractivity contribution in [2.75, 3.05) is 39.3 Å². The van der Waals surface area contributed by atoms with Crippen molar-refractivity contribution in [1.29, 1.82) is 0 Å². The molecule has 3 rings (SSSR count). The highest BCUT2D eigenvalue weighted by Crippen LogP contribution is 2.16. The number of amides is 1. The fraction of sp³-hybridized carbons (Fsp3) is 0.733. The second kappa shape index (κ2) is 7.21. The number of hydrogen-bond donors (Lipinski definition) is 1. The Balaban J connectivity index is 1.40. The lowest BCUT2D eigenvalue weighted by molar-refractivity contribution is -0.142. The van der Waals surface area contributed by atoms with Gasteiger partial charge in [-0.25, -0.2) is 0 Å². The minimum Gasteiger partial charge on any atom is -0.390 e. The topological polar surface area (TPSA) is 70.8 Å². The van der Waals surface area contributed by atoms with Gasteiger partial charge in [-0.05, 0) is 18.9 Å². The third kappa shape index (κ3) is 3.85. The molecule has 7 nitrogen and oxygen atoms in total. The van der Waals surface area contributed by atoms with E-state index in [0.717, 1.165) is 25.9 Å². The highest BCUT2D eigenvalue weighted by atomic mass is 16.5. The Morgan fingerprint density at radius 1 is 1.32 bits per heavy atom. The molecule has 0 spiro atoms. The molecule has 1 N–H and O–H groups in total. The van der Waals surface area contributed by atoms with Crippen LogP contribution in [-0.2, 0) is 16.1 Å². The van der Waals surface area contributed by atoms with Crippen LogP contribution < -0.4 is 0 Å². The van der Waals surface area contributed by atoms with Gasteiger partial charge >= 0.3 is 0 Å². The van der Waals surface area contributed by atoms with Gasteiger partial charge in [-0.2, -0.15) is 5.10 Å². The molecule has 0 unspecified atom stereocenters. The van der Waals surface area contributed by atoms with E-state index < -0.39 is 6.10 Å². The molecule has 1 aromatic rings. The van der Waals surface area contributed by atoms with Gasteiger partial charge in [0.25, 0.3) is 5.91 Å². The van der Waals surface area contributed by atoms with Gasteiger partial charge in [0.15, 0.2) is 0 Å². The molecule has 0 aromatic carbocycles. The van der Waals surface area contributed by atoms with Crippen molar-refractivity contribution in [3.8, 4) is 0 Å². The summed E-state index contributed by atoms with van der Waals surface area (Å²) in [4.78, 5) is 16.4. The molecule has 0 saturated carbocycles. The largest absolute Gasteiger partial charge is 0.390 e. The van der Waals surface area contributed by atoms with E-state index in [-0.39, 0.29) is 12.0 Å². The van der Waals surface area contributed by atoms with Gasteiger partial charge in [-0.15, -0.1) is 0 Å². The molecule has 0 aliphatic carbocycles. The number of piperazine rings is 1. The molecule has 2 saturated heterocycles. The van der Waals surface area contributed by atoms with Crippen molar-refractivity contribution in [1.82, 2.24) is 19.6 Å². The second-order valence-electron chi connectivity index (χ2n) is 6.01. The number of ether oxygens (including phenoxy) is 1. The zero-order valence-electron chi connectivity index (χ0n) is 12.8. The Hall–Kier alpha value is -1.44. The Morgan fingerprint density at radius 3 is 2.77 bits per heavy atom. The number of aromatic nitrogens is 2. The maximum Gasteiger partial charge on any atom is 0.251 e. The number of β-amino-alcohol motifs (C(OH)–C–C–N with tert-alkyl or cyclic N) is 1. The first-order valence-electron chi connectivity index (χ1n) is 8.00. The molecule has 0 bridgehead atoms. The summed E-state index contributed by atoms with van der Waals surface area (Å²) in [5.74, 6) is 0.134. The zero-order chi connectivity index (χ0) is 15.4. The normalized spacial score (nSPS) is 24.6. The van der Waals surface area contributed by atoms with Crippen LogP contribution in [0.5, 0.6) is 0 Å². The first kappa shape index (κ1) is 15.5. The number of carbonyl (C=O) groups excluding carboxylic acids is 1. The highest BCUT2D eigenvalue weighted by molar-refractivity contribution is 5.81. The van der Waals surface area contributed by atoms with E-state index in [2.05, 4.69) is 10.00 Å². The van der Waals surface area contributed by atoms with Gasteiger partial charge in [-0.3, -0.25) is 14.4 Å². The number of nitrogens with zero attached hydrogens (tertiary/aromatic N) is 4. The number of aliphatic hydroxyl groups excluding tert-OH is 1. The van der Waals surface area contributed by atoms with Crippen LogP contribution in [0.15, 0.2) is 18.5 Å². The summed E-state index contributed by atoms with van der Waals surface area (Å²) in [5.41, 5.74) is 0. The summed E-state index contributed by atoms with van der Waals surface area (Å²) in [6, 6.07) is 1.85. The van der Waals surface area contributed by atoms with E-state index in [9.17, 15) is 9.90 Å². The lowest BCUT2D eigenvalue weighted by atomic mass is 10.2. The van der Waals surface area contributed by atoms with E-state index in [0.29, 0.717) is 32.8 Å². The Kier molecular flexibility index (Phi) is 5.07. The highest BCUT2D eigenvalue weighted by Gasteiger charge is 2.30. The van der Waals surface area contributed by atoms with Crippen LogP contribution in [0.2, 0.25) is 0 Å². The molecule has 2 aliphatic rings. The van der Waals surface area contributed by atoms with E-state index >= 15 is 0 Å². The van der Waals surface area contributed by atoms with E-state index in [1.54, 1.807) is 10.9 Å². The molecule has 0 radical (unpaired) electrons. The van der Waals surface area contributed by atoms with Gasteiger partial charge in [0, 0.05) is 51.7 Å². The molecule has 1 aromatic heterocycles. The average molecular weight is 308 g/mol. The lowest BCUT2D eigenvalue weighted by Gasteiger charge is -2.36. The second-order valence-corrected chi connectivity index (χ2v) is 6.01. The summed E-state index contributed by atoms with van der Waals surface area (Å²) in [6.07, 6.45) is 4.72. The van der Waals surface area contributed by atoms with Crippen LogP contribution in [0.4, 0.5) is 0 Å². The maximum absolute atomic E-state index is 12.3. The zero-order valence-corrected chi connectivity index (χ0v) is 12.8. The molecule has 122 valence electrons. The monoisotopic (exact) mass is 308 g/mol. The summed E-state index contributed by atoms with van der Waals surface area (Å²) in [5, 5.41) is 14.2. The van der Waals surface area contributed by atoms with Gasteiger partial charge in [0.05, 0.1) is 12.6 Å². The quantitative estimate of drug-likeness (QED) is 0.799. The van der Waals surface area contributed by atoms with Crippen molar-refractivity contribution in [2.45, 2.75) is 31.6 Å². The van der Waals surface area contributed by atoms with Crippen LogP contribution >= 0.6 is 0 Å². The lowest BCUT2D eigenvalue weighted by Crippen LogP contribution is -2.52. The van der Waals surface area contributed by atoms with Gasteiger partial charge in [-0.1, -0.05) is 0 Å². The standard InChI is InChI=1S/C15H24N4O3/c20-13(12-19-5-2-4-16-19)11-17-6-8-18(9-7-17)15(21)14-3-1-10-22-14/h2,4-5,13-14,20H,1,3,6-12H2/t13-,14+/m0/s1. The molecular weight excluding hydrogens is 284 g/mol. The summed E-state index contributed by atoms with van der Waals surface area (Å²) >= 11 is 0. The number of carbonyl (C=O) groups is 1. The summed E-state index contributed by atoms with van der Waals surface area (Å²) in [6.45, 7) is 4.85. The minimum absolute atomic E-state index is 0.134. The van der Waals surface area contributed by atoms with Crippen LogP contribution in [0.3, 0.4) is 0 Å². The Labute approximate surface area is 130 Å². The van der Waals surface area contributed by atoms with E-state index in [1.807, 2.05) is 17.2 Å². The molecule has 2 fully saturated rings. The van der Waals surface area contributed by atoms with Gasteiger partial charge < -0.3 is 14.7 Å². The maximum atomic E-state index is 12.3. The van der Waals surface area contributed by atoms with Gasteiger partial charge in [0.1, 0.15) is 6.10 Å². The number of rotatable bonds is 5. The number of aliphatic hydroxyl groups is 1. The first-order valence-corrected chi connectivity index (χ1v) is 8.00. The van der Waals surface area contributed by atoms with Gasteiger partial charge in [0.2, 0.25) is 0 Å². The van der Waals surface area contributed by atoms with Crippen molar-refractivity contribution >= 4 is 5.91 Å². The van der Waals surface area contributed by atoms with Crippen LogP contribution in [0.25, 0.3) is 0 Å². The minimum atomic E-state index is -0.444. The third-order valence-electron chi connectivity index (χ3n) is 4.32. The predicted octanol–water partition coefficient (Wildman–Crippen LogP) is -0.433. The Bertz CT molecular complexity index is 465. The summed E-state index contributed by atoms with van der Waals surface area (Å²) in [7, 11) is 0. The van der Waals surface area contributed by atoms with Crippen LogP contribution in [-0.4, -0.2) is 82.1 Å². The van der Waals surface area contributed by atoms with Crippen molar-refractivity contribution < 1.29 is 14.6 Å². The number of hydrogen-bond acceptors (Lipinski definition) is 5. The van der Waals surface area contributed by atoms with Crippen molar-refractivity contribution in [3.05, 3.63) is 18.5 Å². The van der Waals surface area contributed by atoms with Crippen LogP contribution in [0.1, 0.15) is 12.8 Å².